The van der Waals surface area contributed by atoms with Crippen molar-refractivity contribution in [2.75, 3.05) is 30.7 Å². The molecule has 2 fully saturated rings. The van der Waals surface area contributed by atoms with Crippen LogP contribution in [-0.2, 0) is 0 Å². The Labute approximate surface area is 223 Å². The molecule has 0 saturated carbocycles. The lowest BCUT2D eigenvalue weighted by Crippen LogP contribution is -2.44. The topological polar surface area (TPSA) is 18.5 Å². The first-order chi connectivity index (χ1) is 16.5. The molecule has 2 unspecified atom stereocenters. The maximum absolute atomic E-state index is 6.14. The quantitative estimate of drug-likeness (QED) is 0.231. The number of nitrogens with one attached hydrogen (secondary N) is 1. The molecule has 2 atom stereocenters. The van der Waals surface area contributed by atoms with Gasteiger partial charge >= 0.3 is 0 Å². The lowest BCUT2D eigenvalue weighted by molar-refractivity contribution is 0.105. The minimum atomic E-state index is 0.499. The number of hydrogen-bond donors (Lipinski definition) is 1. The fourth-order valence-electron chi connectivity index (χ4n) is 5.57. The average Bonchev–Trinajstić information content (AvgIpc) is 2.84. The molecule has 2 saturated heterocycles. The van der Waals surface area contributed by atoms with E-state index in [2.05, 4.69) is 47.6 Å². The highest BCUT2D eigenvalue weighted by atomic mass is 35.5. The lowest BCUT2D eigenvalue weighted by atomic mass is 9.86. The van der Waals surface area contributed by atoms with Crippen LogP contribution in [0.2, 0.25) is 5.02 Å². The summed E-state index contributed by atoms with van der Waals surface area (Å²) in [5.74, 6) is 3.04. The van der Waals surface area contributed by atoms with Crippen LogP contribution in [0.5, 0.6) is 0 Å². The van der Waals surface area contributed by atoms with E-state index in [-0.39, 0.29) is 0 Å². The van der Waals surface area contributed by atoms with Crippen LogP contribution >= 0.6 is 35.6 Å². The summed E-state index contributed by atoms with van der Waals surface area (Å²) in [6.07, 6.45) is 13.3. The van der Waals surface area contributed by atoms with Crippen molar-refractivity contribution in [2.24, 2.45) is 11.8 Å². The van der Waals surface area contributed by atoms with E-state index in [1.54, 1.807) is 0 Å². The minimum absolute atomic E-state index is 0.499. The molecule has 192 valence electrons. The van der Waals surface area contributed by atoms with Gasteiger partial charge in [0.15, 0.2) is 5.11 Å². The van der Waals surface area contributed by atoms with Gasteiger partial charge in [-0.1, -0.05) is 64.1 Å². The van der Waals surface area contributed by atoms with E-state index < -0.39 is 0 Å². The van der Waals surface area contributed by atoms with Gasteiger partial charge in [-0.25, -0.2) is 0 Å². The summed E-state index contributed by atoms with van der Waals surface area (Å²) < 4.78 is 0. The van der Waals surface area contributed by atoms with Gasteiger partial charge in [-0.2, -0.15) is 0 Å². The van der Waals surface area contributed by atoms with Gasteiger partial charge < -0.3 is 15.1 Å². The van der Waals surface area contributed by atoms with Gasteiger partial charge in [0.05, 0.1) is 5.37 Å². The normalized spacial score (nSPS) is 21.1. The van der Waals surface area contributed by atoms with Gasteiger partial charge in [0.2, 0.25) is 0 Å². The van der Waals surface area contributed by atoms with Gasteiger partial charge in [-0.15, -0.1) is 11.8 Å². The zero-order chi connectivity index (χ0) is 24.3. The summed E-state index contributed by atoms with van der Waals surface area (Å²) in [6, 6.07) is 8.63. The number of thiocarbonyl (C=S) groups is 1. The maximum atomic E-state index is 6.14. The summed E-state index contributed by atoms with van der Waals surface area (Å²) in [7, 11) is 0. The highest BCUT2D eigenvalue weighted by Gasteiger charge is 2.26. The monoisotopic (exact) mass is 523 g/mol. The second-order valence-corrected chi connectivity index (χ2v) is 12.6. The number of piperidine rings is 1. The summed E-state index contributed by atoms with van der Waals surface area (Å²) in [5, 5.41) is 5.48. The Balaban J connectivity index is 1.34. The minimum Gasteiger partial charge on any atom is -0.337 e. The van der Waals surface area contributed by atoms with Crippen molar-refractivity contribution in [3.63, 3.8) is 0 Å². The number of likely N-dealkylation sites (tertiary alicyclic amines) is 1. The van der Waals surface area contributed by atoms with Crippen molar-refractivity contribution in [1.29, 1.82) is 0 Å². The van der Waals surface area contributed by atoms with E-state index in [9.17, 15) is 0 Å². The molecule has 1 aromatic carbocycles. The Kier molecular flexibility index (Phi) is 12.3. The predicted molar refractivity (Wildman–Crippen MR) is 156 cm³/mol. The molecule has 0 amide bonds. The van der Waals surface area contributed by atoms with Gasteiger partial charge in [-0.3, -0.25) is 0 Å². The van der Waals surface area contributed by atoms with Crippen LogP contribution in [0.25, 0.3) is 0 Å². The van der Waals surface area contributed by atoms with Crippen LogP contribution in [0, 0.1) is 11.8 Å². The first-order valence-electron chi connectivity index (χ1n) is 13.7. The van der Waals surface area contributed by atoms with Crippen LogP contribution in [0.4, 0.5) is 5.69 Å². The van der Waals surface area contributed by atoms with Crippen molar-refractivity contribution >= 4 is 46.4 Å². The first-order valence-corrected chi connectivity index (χ1v) is 15.5. The number of unbranched alkanes of at least 4 members (excludes halogenated alkanes) is 3. The maximum Gasteiger partial charge on any atom is 0.174 e. The Bertz CT molecular complexity index is 736. The number of anilines is 1. The zero-order valence-electron chi connectivity index (χ0n) is 21.6. The van der Waals surface area contributed by atoms with Gasteiger partial charge in [-0.05, 0) is 99.6 Å². The molecule has 0 aliphatic carbocycles. The molecule has 34 heavy (non-hydrogen) atoms. The SMILES string of the molecule is CCC(CCCCCCC1SCCCN1C(=S)Nc1cccc(Cl)c1)N1CCC(C(C)C)CC1. The van der Waals surface area contributed by atoms with Crippen LogP contribution in [0.15, 0.2) is 24.3 Å². The zero-order valence-corrected chi connectivity index (χ0v) is 24.0. The van der Waals surface area contributed by atoms with Gasteiger partial charge in [0.1, 0.15) is 0 Å². The van der Waals surface area contributed by atoms with Crippen molar-refractivity contribution in [3.05, 3.63) is 29.3 Å². The molecule has 1 N–H and O–H groups in total. The van der Waals surface area contributed by atoms with E-state index >= 15 is 0 Å². The van der Waals surface area contributed by atoms with Crippen LogP contribution in [0.3, 0.4) is 0 Å². The Morgan fingerprint density at radius 3 is 2.62 bits per heavy atom. The lowest BCUT2D eigenvalue weighted by Gasteiger charge is -2.38. The molecule has 0 bridgehead atoms. The van der Waals surface area contributed by atoms with E-state index in [0.717, 1.165) is 40.2 Å². The van der Waals surface area contributed by atoms with Crippen LogP contribution in [0.1, 0.15) is 85.0 Å². The van der Waals surface area contributed by atoms with E-state index in [1.807, 2.05) is 24.3 Å². The molecule has 0 aromatic heterocycles. The van der Waals surface area contributed by atoms with Crippen LogP contribution < -0.4 is 5.32 Å². The van der Waals surface area contributed by atoms with Crippen molar-refractivity contribution in [2.45, 2.75) is 96.4 Å². The summed E-state index contributed by atoms with van der Waals surface area (Å²) in [6.45, 7) is 10.9. The second kappa shape index (κ2) is 14.9. The highest BCUT2D eigenvalue weighted by Crippen LogP contribution is 2.30. The Morgan fingerprint density at radius 1 is 1.15 bits per heavy atom. The average molecular weight is 524 g/mol. The van der Waals surface area contributed by atoms with E-state index in [4.69, 9.17) is 23.8 Å². The van der Waals surface area contributed by atoms with Crippen molar-refractivity contribution in [3.8, 4) is 0 Å². The number of nitrogens with zero attached hydrogens (tertiary/aromatic N) is 2. The largest absolute Gasteiger partial charge is 0.337 e. The molecule has 0 radical (unpaired) electrons. The van der Waals surface area contributed by atoms with Gasteiger partial charge in [0, 0.05) is 23.3 Å². The molecule has 6 heteroatoms. The Morgan fingerprint density at radius 2 is 1.91 bits per heavy atom. The first kappa shape index (κ1) is 28.1. The molecule has 3 nitrogen and oxygen atoms in total. The molecular formula is C28H46ClN3S2. The third-order valence-corrected chi connectivity index (χ3v) is 9.75. The fourth-order valence-corrected chi connectivity index (χ4v) is 7.46. The fraction of sp³-hybridized carbons (Fsp3) is 0.750. The molecule has 2 aliphatic rings. The molecule has 2 aliphatic heterocycles. The third-order valence-electron chi connectivity index (χ3n) is 7.78. The number of benzene rings is 1. The van der Waals surface area contributed by atoms with E-state index in [0.29, 0.717) is 5.37 Å². The molecule has 2 heterocycles. The predicted octanol–water partition coefficient (Wildman–Crippen LogP) is 8.29. The van der Waals surface area contributed by atoms with Crippen molar-refractivity contribution in [1.82, 2.24) is 9.80 Å². The standard InChI is InChI=1S/C28H46ClN3S2/c1-4-26(31-18-15-23(16-19-31)22(2)3)13-7-5-6-8-14-27-32(17-10-20-34-27)28(33)30-25-12-9-11-24(29)21-25/h9,11-12,21-23,26-27H,4-8,10,13-20H2,1-3H3,(H,30,33). The summed E-state index contributed by atoms with van der Waals surface area (Å²) in [4.78, 5) is 5.20. The van der Waals surface area contributed by atoms with Crippen LogP contribution in [-0.4, -0.2) is 51.7 Å². The van der Waals surface area contributed by atoms with Crippen molar-refractivity contribution < 1.29 is 0 Å². The summed E-state index contributed by atoms with van der Waals surface area (Å²) >= 11 is 14.0. The smallest absolute Gasteiger partial charge is 0.174 e. The van der Waals surface area contributed by atoms with Gasteiger partial charge in [0.25, 0.3) is 0 Å². The number of hydrogen-bond acceptors (Lipinski definition) is 3. The third kappa shape index (κ3) is 8.87. The highest BCUT2D eigenvalue weighted by molar-refractivity contribution is 7.99. The Hall–Kier alpha value is -0.490. The second-order valence-electron chi connectivity index (χ2n) is 10.5. The van der Waals surface area contributed by atoms with E-state index in [1.165, 1.54) is 83.1 Å². The number of thioether (sulfide) groups is 1. The molecule has 0 spiro atoms. The molecule has 1 aromatic rings. The molecule has 3 rings (SSSR count). The number of rotatable bonds is 11. The molecular weight excluding hydrogens is 478 g/mol. The number of halogens is 1. The summed E-state index contributed by atoms with van der Waals surface area (Å²) in [5.41, 5.74) is 0.978.